The maximum Gasteiger partial charge on any atom is 0.243 e. The van der Waals surface area contributed by atoms with Crippen molar-refractivity contribution >= 4 is 21.6 Å². The molecule has 0 fully saturated rings. The van der Waals surface area contributed by atoms with Crippen molar-refractivity contribution in [1.29, 1.82) is 0 Å². The second kappa shape index (κ2) is 8.71. The van der Waals surface area contributed by atoms with E-state index in [1.807, 2.05) is 0 Å². The molecule has 1 amide bonds. The molecule has 1 heterocycles. The highest BCUT2D eigenvalue weighted by molar-refractivity contribution is 7.89. The van der Waals surface area contributed by atoms with Gasteiger partial charge >= 0.3 is 0 Å². The Morgan fingerprint density at radius 2 is 1.86 bits per heavy atom. The Labute approximate surface area is 170 Å². The maximum absolute atomic E-state index is 13.0. The Morgan fingerprint density at radius 1 is 1.14 bits per heavy atom. The number of sulfonamides is 1. The van der Waals surface area contributed by atoms with E-state index in [1.165, 1.54) is 19.2 Å². The first-order valence-electron chi connectivity index (χ1n) is 9.19. The average molecular weight is 420 g/mol. The molecule has 0 spiro atoms. The number of carbonyl (C=O) groups excluding carboxylic acids is 1. The molecule has 156 valence electrons. The summed E-state index contributed by atoms with van der Waals surface area (Å²) in [6.45, 7) is 4.22. The van der Waals surface area contributed by atoms with Crippen molar-refractivity contribution in [3.05, 3.63) is 42.0 Å². The van der Waals surface area contributed by atoms with Gasteiger partial charge in [0.1, 0.15) is 19.0 Å². The molecule has 2 aromatic carbocycles. The predicted octanol–water partition coefficient (Wildman–Crippen LogP) is 2.42. The number of nitrogens with one attached hydrogen (secondary N) is 1. The van der Waals surface area contributed by atoms with Crippen molar-refractivity contribution in [3.63, 3.8) is 0 Å². The Hall–Kier alpha value is -2.78. The number of aryl methyl sites for hydroxylation is 1. The van der Waals surface area contributed by atoms with Gasteiger partial charge in [-0.25, -0.2) is 8.42 Å². The fraction of sp³-hybridized carbons (Fsp3) is 0.350. The van der Waals surface area contributed by atoms with Gasteiger partial charge in [-0.2, -0.15) is 4.31 Å². The molecule has 0 radical (unpaired) electrons. The number of benzene rings is 2. The van der Waals surface area contributed by atoms with Crippen LogP contribution < -0.4 is 19.5 Å². The molecule has 0 saturated heterocycles. The summed E-state index contributed by atoms with van der Waals surface area (Å²) in [5.74, 6) is 1.31. The van der Waals surface area contributed by atoms with E-state index >= 15 is 0 Å². The van der Waals surface area contributed by atoms with Crippen molar-refractivity contribution in [2.75, 3.05) is 38.7 Å². The van der Waals surface area contributed by atoms with Crippen LogP contribution in [0.3, 0.4) is 0 Å². The number of nitrogens with zero attached hydrogens (tertiary/aromatic N) is 1. The van der Waals surface area contributed by atoms with Gasteiger partial charge in [-0.1, -0.05) is 6.92 Å². The number of amides is 1. The fourth-order valence-corrected chi connectivity index (χ4v) is 4.50. The first-order valence-corrected chi connectivity index (χ1v) is 10.6. The molecule has 3 rings (SSSR count). The van der Waals surface area contributed by atoms with E-state index < -0.39 is 15.9 Å². The van der Waals surface area contributed by atoms with Crippen LogP contribution in [0.1, 0.15) is 12.5 Å². The van der Waals surface area contributed by atoms with Crippen LogP contribution in [0.25, 0.3) is 0 Å². The SMILES string of the molecule is CCN(CC(=O)Nc1ccc2c(c1)OCCO2)S(=O)(=O)c1ccc(OC)c(C)c1. The van der Waals surface area contributed by atoms with Crippen LogP contribution in [0, 0.1) is 6.92 Å². The molecule has 0 atom stereocenters. The van der Waals surface area contributed by atoms with Crippen molar-refractivity contribution in [2.24, 2.45) is 0 Å². The summed E-state index contributed by atoms with van der Waals surface area (Å²) in [5.41, 5.74) is 1.21. The lowest BCUT2D eigenvalue weighted by Crippen LogP contribution is -2.37. The number of anilines is 1. The van der Waals surface area contributed by atoms with Crippen LogP contribution in [0.4, 0.5) is 5.69 Å². The normalized spacial score (nSPS) is 13.2. The van der Waals surface area contributed by atoms with Gasteiger partial charge in [0, 0.05) is 18.3 Å². The number of fused-ring (bicyclic) bond motifs is 1. The van der Waals surface area contributed by atoms with Crippen LogP contribution in [0.2, 0.25) is 0 Å². The van der Waals surface area contributed by atoms with Crippen LogP contribution in [-0.2, 0) is 14.8 Å². The van der Waals surface area contributed by atoms with Gasteiger partial charge < -0.3 is 19.5 Å². The highest BCUT2D eigenvalue weighted by Crippen LogP contribution is 2.32. The third-order valence-electron chi connectivity index (χ3n) is 4.50. The van der Waals surface area contributed by atoms with E-state index in [-0.39, 0.29) is 18.0 Å². The zero-order valence-corrected chi connectivity index (χ0v) is 17.4. The van der Waals surface area contributed by atoms with E-state index in [0.29, 0.717) is 41.7 Å². The summed E-state index contributed by atoms with van der Waals surface area (Å²) in [6.07, 6.45) is 0. The monoisotopic (exact) mass is 420 g/mol. The molecule has 29 heavy (non-hydrogen) atoms. The van der Waals surface area contributed by atoms with E-state index in [1.54, 1.807) is 38.1 Å². The maximum atomic E-state index is 13.0. The summed E-state index contributed by atoms with van der Waals surface area (Å²) in [7, 11) is -2.30. The standard InChI is InChI=1S/C20H24N2O6S/c1-4-22(29(24,25)16-6-8-17(26-3)14(2)11-16)13-20(23)21-15-5-7-18-19(12-15)28-10-9-27-18/h5-8,11-12H,4,9-10,13H2,1-3H3,(H,21,23). The first kappa shape index (κ1) is 20.9. The van der Waals surface area contributed by atoms with Crippen LogP contribution in [0.15, 0.2) is 41.3 Å². The topological polar surface area (TPSA) is 94.2 Å². The molecule has 2 aromatic rings. The minimum atomic E-state index is -3.83. The molecule has 1 aliphatic heterocycles. The zero-order valence-electron chi connectivity index (χ0n) is 16.6. The summed E-state index contributed by atoms with van der Waals surface area (Å²) in [4.78, 5) is 12.6. The molecular weight excluding hydrogens is 396 g/mol. The minimum absolute atomic E-state index is 0.116. The summed E-state index contributed by atoms with van der Waals surface area (Å²) in [6, 6.07) is 9.66. The molecule has 1 aliphatic rings. The molecule has 0 unspecified atom stereocenters. The number of methoxy groups -OCH3 is 1. The molecule has 8 nitrogen and oxygen atoms in total. The lowest BCUT2D eigenvalue weighted by atomic mass is 10.2. The number of hydrogen-bond donors (Lipinski definition) is 1. The van der Waals surface area contributed by atoms with Crippen molar-refractivity contribution in [1.82, 2.24) is 4.31 Å². The van der Waals surface area contributed by atoms with Crippen molar-refractivity contribution < 1.29 is 27.4 Å². The number of ether oxygens (including phenoxy) is 3. The zero-order chi connectivity index (χ0) is 21.0. The van der Waals surface area contributed by atoms with Gasteiger partial charge in [-0.05, 0) is 42.8 Å². The summed E-state index contributed by atoms with van der Waals surface area (Å²) in [5, 5.41) is 2.71. The van der Waals surface area contributed by atoms with Crippen LogP contribution in [-0.4, -0.2) is 52.0 Å². The largest absolute Gasteiger partial charge is 0.496 e. The predicted molar refractivity (Wildman–Crippen MR) is 108 cm³/mol. The fourth-order valence-electron chi connectivity index (χ4n) is 3.01. The average Bonchev–Trinajstić information content (AvgIpc) is 2.71. The van der Waals surface area contributed by atoms with Crippen LogP contribution >= 0.6 is 0 Å². The second-order valence-electron chi connectivity index (χ2n) is 6.47. The lowest BCUT2D eigenvalue weighted by molar-refractivity contribution is -0.116. The quantitative estimate of drug-likeness (QED) is 0.739. The first-order chi connectivity index (χ1) is 13.8. The third-order valence-corrected chi connectivity index (χ3v) is 6.42. The van der Waals surface area contributed by atoms with E-state index in [2.05, 4.69) is 5.32 Å². The molecule has 9 heteroatoms. The van der Waals surface area contributed by atoms with Crippen molar-refractivity contribution in [2.45, 2.75) is 18.7 Å². The minimum Gasteiger partial charge on any atom is -0.496 e. The lowest BCUT2D eigenvalue weighted by Gasteiger charge is -2.21. The third kappa shape index (κ3) is 4.63. The Morgan fingerprint density at radius 3 is 2.52 bits per heavy atom. The summed E-state index contributed by atoms with van der Waals surface area (Å²) >= 11 is 0. The molecule has 0 aromatic heterocycles. The van der Waals surface area contributed by atoms with E-state index in [9.17, 15) is 13.2 Å². The van der Waals surface area contributed by atoms with Crippen molar-refractivity contribution in [3.8, 4) is 17.2 Å². The molecule has 1 N–H and O–H groups in total. The number of rotatable bonds is 7. The Bertz CT molecular complexity index is 1010. The van der Waals surface area contributed by atoms with E-state index in [0.717, 1.165) is 4.31 Å². The molecular formula is C20H24N2O6S. The van der Waals surface area contributed by atoms with Gasteiger partial charge in [0.15, 0.2) is 11.5 Å². The number of hydrogen-bond acceptors (Lipinski definition) is 6. The summed E-state index contributed by atoms with van der Waals surface area (Å²) < 4.78 is 43.2. The Balaban J connectivity index is 1.73. The van der Waals surface area contributed by atoms with E-state index in [4.69, 9.17) is 14.2 Å². The second-order valence-corrected chi connectivity index (χ2v) is 8.41. The highest BCUT2D eigenvalue weighted by Gasteiger charge is 2.26. The van der Waals surface area contributed by atoms with Gasteiger partial charge in [0.25, 0.3) is 0 Å². The number of carbonyl (C=O) groups is 1. The molecule has 0 bridgehead atoms. The number of likely N-dealkylation sites (N-methyl/N-ethyl adjacent to an activating group) is 1. The van der Waals surface area contributed by atoms with Gasteiger partial charge in [-0.3, -0.25) is 4.79 Å². The van der Waals surface area contributed by atoms with Gasteiger partial charge in [0.05, 0.1) is 18.6 Å². The Kier molecular flexibility index (Phi) is 6.29. The molecule has 0 aliphatic carbocycles. The van der Waals surface area contributed by atoms with Gasteiger partial charge in [-0.15, -0.1) is 0 Å². The van der Waals surface area contributed by atoms with Crippen LogP contribution in [0.5, 0.6) is 17.2 Å². The molecule has 0 saturated carbocycles. The smallest absolute Gasteiger partial charge is 0.243 e. The highest BCUT2D eigenvalue weighted by atomic mass is 32.2. The van der Waals surface area contributed by atoms with Gasteiger partial charge in [0.2, 0.25) is 15.9 Å².